The number of aromatic nitrogens is 1. The number of allylic oxidation sites excluding steroid dienone is 3. The summed E-state index contributed by atoms with van der Waals surface area (Å²) in [6.07, 6.45) is 9.90. The van der Waals surface area contributed by atoms with Gasteiger partial charge in [0.2, 0.25) is 0 Å². The van der Waals surface area contributed by atoms with Crippen molar-refractivity contribution in [3.8, 4) is 11.1 Å². The number of nitrogens with zero attached hydrogens (tertiary/aromatic N) is 1. The van der Waals surface area contributed by atoms with Crippen molar-refractivity contribution in [2.24, 2.45) is 5.73 Å². The molecule has 0 atom stereocenters. The first kappa shape index (κ1) is 20.4. The average molecular weight is 308 g/mol. The lowest BCUT2D eigenvalue weighted by Gasteiger charge is -2.04. The molecule has 2 N–H and O–H groups in total. The molecule has 1 heterocycles. The van der Waals surface area contributed by atoms with Crippen LogP contribution in [-0.2, 0) is 0 Å². The van der Waals surface area contributed by atoms with Crippen LogP contribution < -0.4 is 5.73 Å². The highest BCUT2D eigenvalue weighted by atomic mass is 14.6. The van der Waals surface area contributed by atoms with E-state index >= 15 is 0 Å². The Bertz CT molecular complexity index is 581. The van der Waals surface area contributed by atoms with Gasteiger partial charge in [0.1, 0.15) is 0 Å². The number of pyridine rings is 1. The van der Waals surface area contributed by atoms with E-state index in [1.165, 1.54) is 6.42 Å². The van der Waals surface area contributed by atoms with Crippen LogP contribution in [0.4, 0.5) is 0 Å². The second-order valence-electron chi connectivity index (χ2n) is 4.75. The zero-order chi connectivity index (χ0) is 17.5. The zero-order valence-corrected chi connectivity index (χ0v) is 14.5. The number of hydrogen-bond donors (Lipinski definition) is 1. The molecular formula is C21H28N2. The average Bonchev–Trinajstić information content (AvgIpc) is 2.59. The van der Waals surface area contributed by atoms with E-state index < -0.39 is 0 Å². The fourth-order valence-electron chi connectivity index (χ4n) is 1.68. The fraction of sp³-hybridized carbons (Fsp3) is 0.190. The summed E-state index contributed by atoms with van der Waals surface area (Å²) in [6.45, 7) is 13.2. The van der Waals surface area contributed by atoms with Crippen LogP contribution in [0.5, 0.6) is 0 Å². The van der Waals surface area contributed by atoms with Gasteiger partial charge in [-0.2, -0.15) is 0 Å². The maximum absolute atomic E-state index is 5.52. The molecular weight excluding hydrogens is 280 g/mol. The predicted octanol–water partition coefficient (Wildman–Crippen LogP) is 5.84. The number of nitrogens with two attached hydrogens (primary N) is 1. The van der Waals surface area contributed by atoms with Gasteiger partial charge in [-0.05, 0) is 41.3 Å². The van der Waals surface area contributed by atoms with E-state index in [1.807, 2.05) is 31.2 Å². The van der Waals surface area contributed by atoms with Crippen molar-refractivity contribution < 1.29 is 0 Å². The molecule has 0 fully saturated rings. The van der Waals surface area contributed by atoms with Gasteiger partial charge in [0, 0.05) is 18.6 Å². The molecule has 2 aromatic rings. The lowest BCUT2D eigenvalue weighted by Crippen LogP contribution is -1.87. The van der Waals surface area contributed by atoms with Crippen LogP contribution in [0.2, 0.25) is 0 Å². The van der Waals surface area contributed by atoms with Gasteiger partial charge in [0.15, 0.2) is 0 Å². The van der Waals surface area contributed by atoms with Gasteiger partial charge in [-0.1, -0.05) is 63.3 Å². The third kappa shape index (κ3) is 7.82. The van der Waals surface area contributed by atoms with Crippen LogP contribution in [0.3, 0.4) is 0 Å². The maximum atomic E-state index is 5.52. The minimum Gasteiger partial charge on any atom is -0.404 e. The summed E-state index contributed by atoms with van der Waals surface area (Å²) in [5.74, 6) is 0. The molecule has 0 aliphatic rings. The standard InChI is InChI=1S/C15H14N2.C3H8.C3H6/c1-2-12(11-16)13-3-5-14(6-4-13)15-7-9-17-10-8-15;2*1-3-2/h2-11H,1,16H2;3H2,1-2H3;3H,1H2,2H3/b12-11+;;. The van der Waals surface area contributed by atoms with E-state index in [-0.39, 0.29) is 0 Å². The summed E-state index contributed by atoms with van der Waals surface area (Å²) in [5, 5.41) is 0. The van der Waals surface area contributed by atoms with Crippen LogP contribution in [-0.4, -0.2) is 4.98 Å². The molecule has 2 rings (SSSR count). The Balaban J connectivity index is 0.000000704. The van der Waals surface area contributed by atoms with Crippen LogP contribution in [0.1, 0.15) is 32.8 Å². The summed E-state index contributed by atoms with van der Waals surface area (Å²) in [5.41, 5.74) is 9.85. The molecule has 1 aromatic heterocycles. The van der Waals surface area contributed by atoms with Crippen LogP contribution in [0, 0.1) is 0 Å². The van der Waals surface area contributed by atoms with E-state index in [0.29, 0.717) is 0 Å². The topological polar surface area (TPSA) is 38.9 Å². The Morgan fingerprint density at radius 1 is 1.00 bits per heavy atom. The molecule has 0 aliphatic carbocycles. The lowest BCUT2D eigenvalue weighted by atomic mass is 10.0. The highest BCUT2D eigenvalue weighted by molar-refractivity contribution is 5.75. The van der Waals surface area contributed by atoms with E-state index in [1.54, 1.807) is 30.7 Å². The second-order valence-corrected chi connectivity index (χ2v) is 4.75. The minimum atomic E-state index is 0.936. The van der Waals surface area contributed by atoms with Crippen molar-refractivity contribution in [3.63, 3.8) is 0 Å². The summed E-state index contributed by atoms with van der Waals surface area (Å²) >= 11 is 0. The predicted molar refractivity (Wildman–Crippen MR) is 104 cm³/mol. The van der Waals surface area contributed by atoms with Gasteiger partial charge >= 0.3 is 0 Å². The minimum absolute atomic E-state index is 0.936. The number of rotatable bonds is 3. The zero-order valence-electron chi connectivity index (χ0n) is 14.5. The van der Waals surface area contributed by atoms with Crippen molar-refractivity contribution in [1.82, 2.24) is 4.98 Å². The molecule has 1 aromatic carbocycles. The Morgan fingerprint density at radius 2 is 1.43 bits per heavy atom. The van der Waals surface area contributed by atoms with E-state index in [2.05, 4.69) is 44.1 Å². The van der Waals surface area contributed by atoms with Gasteiger partial charge in [-0.15, -0.1) is 6.58 Å². The molecule has 2 nitrogen and oxygen atoms in total. The molecule has 0 unspecified atom stereocenters. The third-order valence-corrected chi connectivity index (χ3v) is 2.63. The molecule has 122 valence electrons. The number of hydrogen-bond acceptors (Lipinski definition) is 2. The molecule has 0 amide bonds. The molecule has 0 saturated heterocycles. The maximum Gasteiger partial charge on any atom is 0.0273 e. The molecule has 0 aliphatic heterocycles. The van der Waals surface area contributed by atoms with E-state index in [9.17, 15) is 0 Å². The smallest absolute Gasteiger partial charge is 0.0273 e. The summed E-state index contributed by atoms with van der Waals surface area (Å²) < 4.78 is 0. The summed E-state index contributed by atoms with van der Waals surface area (Å²) in [6, 6.07) is 12.2. The quantitative estimate of drug-likeness (QED) is 0.571. The fourth-order valence-corrected chi connectivity index (χ4v) is 1.68. The number of benzene rings is 1. The highest BCUT2D eigenvalue weighted by Crippen LogP contribution is 2.21. The normalized spacial score (nSPS) is 9.61. The third-order valence-electron chi connectivity index (χ3n) is 2.63. The first-order valence-corrected chi connectivity index (χ1v) is 7.80. The summed E-state index contributed by atoms with van der Waals surface area (Å²) in [4.78, 5) is 4.00. The molecule has 23 heavy (non-hydrogen) atoms. The molecule has 2 heteroatoms. The Labute approximate surface area is 141 Å². The van der Waals surface area contributed by atoms with Crippen molar-refractivity contribution in [2.75, 3.05) is 0 Å². The molecule has 0 radical (unpaired) electrons. The highest BCUT2D eigenvalue weighted by Gasteiger charge is 1.99. The largest absolute Gasteiger partial charge is 0.404 e. The van der Waals surface area contributed by atoms with Crippen LogP contribution >= 0.6 is 0 Å². The van der Waals surface area contributed by atoms with E-state index in [0.717, 1.165) is 22.3 Å². The van der Waals surface area contributed by atoms with Crippen molar-refractivity contribution in [2.45, 2.75) is 27.2 Å². The second kappa shape index (κ2) is 13.1. The van der Waals surface area contributed by atoms with Gasteiger partial charge in [0.25, 0.3) is 0 Å². The van der Waals surface area contributed by atoms with Gasteiger partial charge in [-0.25, -0.2) is 0 Å². The first-order chi connectivity index (χ1) is 11.2. The Kier molecular flexibility index (Phi) is 11.6. The molecule has 0 bridgehead atoms. The summed E-state index contributed by atoms with van der Waals surface area (Å²) in [7, 11) is 0. The van der Waals surface area contributed by atoms with E-state index in [4.69, 9.17) is 5.73 Å². The lowest BCUT2D eigenvalue weighted by molar-refractivity contribution is 1.09. The Morgan fingerprint density at radius 3 is 1.83 bits per heavy atom. The molecule has 0 saturated carbocycles. The van der Waals surface area contributed by atoms with Crippen molar-refractivity contribution >= 4 is 5.57 Å². The molecule has 0 spiro atoms. The SMILES string of the molecule is C=C/C(=C\N)c1ccc(-c2ccncc2)cc1.C=CC.CCC. The monoisotopic (exact) mass is 308 g/mol. The first-order valence-electron chi connectivity index (χ1n) is 7.80. The van der Waals surface area contributed by atoms with Crippen LogP contribution in [0.25, 0.3) is 16.7 Å². The van der Waals surface area contributed by atoms with Crippen molar-refractivity contribution in [1.29, 1.82) is 0 Å². The van der Waals surface area contributed by atoms with Gasteiger partial charge in [-0.3, -0.25) is 4.98 Å². The van der Waals surface area contributed by atoms with Crippen molar-refractivity contribution in [3.05, 3.63) is 85.9 Å². The van der Waals surface area contributed by atoms with Gasteiger partial charge < -0.3 is 5.73 Å². The Hall–Kier alpha value is -2.61. The van der Waals surface area contributed by atoms with Gasteiger partial charge in [0.05, 0.1) is 0 Å². The van der Waals surface area contributed by atoms with Crippen LogP contribution in [0.15, 0.2) is 80.3 Å².